The van der Waals surface area contributed by atoms with Crippen molar-refractivity contribution in [2.75, 3.05) is 19.9 Å². The number of benzene rings is 1. The quantitative estimate of drug-likeness (QED) is 0.833. The molecule has 9 heteroatoms. The Morgan fingerprint density at radius 3 is 2.88 bits per heavy atom. The maximum absolute atomic E-state index is 12.5. The van der Waals surface area contributed by atoms with Crippen molar-refractivity contribution in [2.24, 2.45) is 5.73 Å². The maximum Gasteiger partial charge on any atom is 0.273 e. The Kier molecular flexibility index (Phi) is 6.51. The second-order valence-corrected chi connectivity index (χ2v) is 6.62. The summed E-state index contributed by atoms with van der Waals surface area (Å²) >= 11 is 1.45. The first-order chi connectivity index (χ1) is 11.2. The predicted octanol–water partition coefficient (Wildman–Crippen LogP) is 2.95. The van der Waals surface area contributed by atoms with Crippen LogP contribution in [-0.4, -0.2) is 41.7 Å². The molecular weight excluding hydrogens is 385 g/mol. The van der Waals surface area contributed by atoms with Crippen LogP contribution in [0.3, 0.4) is 0 Å². The lowest BCUT2D eigenvalue weighted by molar-refractivity contribution is 0.0704. The van der Waals surface area contributed by atoms with Crippen LogP contribution < -0.4 is 15.2 Å². The predicted molar refractivity (Wildman–Crippen MR) is 101 cm³/mol. The molecule has 1 saturated heterocycles. The lowest BCUT2D eigenvalue weighted by atomic mass is 10.1. The Morgan fingerprint density at radius 2 is 2.08 bits per heavy atom. The first kappa shape index (κ1) is 19.8. The van der Waals surface area contributed by atoms with Crippen LogP contribution in [0.25, 0.3) is 10.6 Å². The number of thiazole rings is 1. The van der Waals surface area contributed by atoms with Gasteiger partial charge in [-0.15, -0.1) is 36.2 Å². The van der Waals surface area contributed by atoms with Crippen molar-refractivity contribution in [3.63, 3.8) is 0 Å². The van der Waals surface area contributed by atoms with Crippen molar-refractivity contribution in [1.29, 1.82) is 0 Å². The number of amides is 1. The Bertz CT molecular complexity index is 756. The van der Waals surface area contributed by atoms with E-state index >= 15 is 0 Å². The van der Waals surface area contributed by atoms with Crippen LogP contribution >= 0.6 is 36.2 Å². The summed E-state index contributed by atoms with van der Waals surface area (Å²) < 4.78 is 10.7. The molecule has 0 radical (unpaired) electrons. The summed E-state index contributed by atoms with van der Waals surface area (Å²) in [5, 5.41) is 2.61. The molecule has 1 aromatic heterocycles. The number of carbonyl (C=O) groups is 1. The highest BCUT2D eigenvalue weighted by atomic mass is 35.5. The average Bonchev–Trinajstić information content (AvgIpc) is 3.22. The number of nitrogens with two attached hydrogens (primary N) is 1. The lowest BCUT2D eigenvalue weighted by Crippen LogP contribution is -2.45. The molecule has 1 amide bonds. The van der Waals surface area contributed by atoms with Gasteiger partial charge in [0, 0.05) is 30.1 Å². The van der Waals surface area contributed by atoms with Crippen LogP contribution in [0.15, 0.2) is 23.6 Å². The number of ether oxygens (including phenoxy) is 2. The largest absolute Gasteiger partial charge is 0.454 e. The fraction of sp³-hybridized carbons (Fsp3) is 0.375. The molecule has 2 aliphatic heterocycles. The van der Waals surface area contributed by atoms with Crippen LogP contribution in [0.4, 0.5) is 0 Å². The molecule has 1 aromatic carbocycles. The van der Waals surface area contributed by atoms with E-state index in [9.17, 15) is 4.79 Å². The zero-order chi connectivity index (χ0) is 15.8. The minimum absolute atomic E-state index is 0. The highest BCUT2D eigenvalue weighted by Crippen LogP contribution is 2.36. The number of hydrogen-bond acceptors (Lipinski definition) is 6. The van der Waals surface area contributed by atoms with Crippen molar-refractivity contribution in [3.05, 3.63) is 29.3 Å². The van der Waals surface area contributed by atoms with Crippen molar-refractivity contribution < 1.29 is 14.3 Å². The molecule has 1 fully saturated rings. The molecule has 136 valence electrons. The van der Waals surface area contributed by atoms with Gasteiger partial charge in [-0.25, -0.2) is 4.98 Å². The van der Waals surface area contributed by atoms with Crippen molar-refractivity contribution >= 4 is 42.1 Å². The third-order valence-electron chi connectivity index (χ3n) is 4.09. The molecule has 0 aliphatic carbocycles. The maximum atomic E-state index is 12.5. The van der Waals surface area contributed by atoms with Crippen LogP contribution in [0.1, 0.15) is 23.3 Å². The Balaban J connectivity index is 0.00000113. The Labute approximate surface area is 162 Å². The van der Waals surface area contributed by atoms with Crippen LogP contribution in [0.5, 0.6) is 11.5 Å². The number of fused-ring (bicyclic) bond motifs is 1. The van der Waals surface area contributed by atoms with Gasteiger partial charge in [-0.3, -0.25) is 4.79 Å². The SMILES string of the molecule is Cl.Cl.NC1CCCN(C(=O)c2csc(-c3ccc4c(c3)OCO4)n2)C1. The highest BCUT2D eigenvalue weighted by Gasteiger charge is 2.24. The molecule has 0 spiro atoms. The van der Waals surface area contributed by atoms with E-state index in [0.717, 1.165) is 35.7 Å². The smallest absolute Gasteiger partial charge is 0.273 e. The summed E-state index contributed by atoms with van der Waals surface area (Å²) in [4.78, 5) is 18.8. The van der Waals surface area contributed by atoms with E-state index in [1.807, 2.05) is 23.6 Å². The molecule has 6 nitrogen and oxygen atoms in total. The van der Waals surface area contributed by atoms with Crippen LogP contribution in [0, 0.1) is 0 Å². The molecule has 0 bridgehead atoms. The van der Waals surface area contributed by atoms with Gasteiger partial charge in [0.25, 0.3) is 5.91 Å². The summed E-state index contributed by atoms with van der Waals surface area (Å²) in [6, 6.07) is 5.76. The van der Waals surface area contributed by atoms with Gasteiger partial charge in [0.05, 0.1) is 0 Å². The molecular formula is C16H19Cl2N3O3S. The van der Waals surface area contributed by atoms with Gasteiger partial charge in [-0.05, 0) is 31.0 Å². The summed E-state index contributed by atoms with van der Waals surface area (Å²) in [6.07, 6.45) is 1.93. The molecule has 4 rings (SSSR count). The number of aromatic nitrogens is 1. The summed E-state index contributed by atoms with van der Waals surface area (Å²) in [5.74, 6) is 1.42. The van der Waals surface area contributed by atoms with Crippen LogP contribution in [-0.2, 0) is 0 Å². The van der Waals surface area contributed by atoms with Gasteiger partial charge in [0.1, 0.15) is 10.7 Å². The Morgan fingerprint density at radius 1 is 1.28 bits per heavy atom. The standard InChI is InChI=1S/C16H17N3O3S.2ClH/c17-11-2-1-5-19(7-11)16(20)12-8-23-15(18-12)10-3-4-13-14(6-10)22-9-21-13;;/h3-4,6,8,11H,1-2,5,7,9,17H2;2*1H. The van der Waals surface area contributed by atoms with Gasteiger partial charge >= 0.3 is 0 Å². The molecule has 25 heavy (non-hydrogen) atoms. The number of hydrogen-bond donors (Lipinski definition) is 1. The minimum atomic E-state index is -0.0385. The van der Waals surface area contributed by atoms with E-state index in [2.05, 4.69) is 4.98 Å². The van der Waals surface area contributed by atoms with Crippen molar-refractivity contribution in [2.45, 2.75) is 18.9 Å². The van der Waals surface area contributed by atoms with E-state index in [-0.39, 0.29) is 43.6 Å². The Hall–Kier alpha value is -1.54. The topological polar surface area (TPSA) is 77.7 Å². The van der Waals surface area contributed by atoms with Crippen molar-refractivity contribution in [1.82, 2.24) is 9.88 Å². The number of halogens is 2. The number of rotatable bonds is 2. The molecule has 3 heterocycles. The summed E-state index contributed by atoms with van der Waals surface area (Å²) in [6.45, 7) is 1.61. The second-order valence-electron chi connectivity index (χ2n) is 5.76. The summed E-state index contributed by atoms with van der Waals surface area (Å²) in [5.41, 5.74) is 7.36. The number of carbonyl (C=O) groups excluding carboxylic acids is 1. The average molecular weight is 404 g/mol. The first-order valence-electron chi connectivity index (χ1n) is 7.61. The van der Waals surface area contributed by atoms with E-state index in [1.54, 1.807) is 4.90 Å². The summed E-state index contributed by atoms with van der Waals surface area (Å²) in [7, 11) is 0. The molecule has 1 unspecified atom stereocenters. The third-order valence-corrected chi connectivity index (χ3v) is 4.98. The number of nitrogens with zero attached hydrogens (tertiary/aromatic N) is 2. The van der Waals surface area contributed by atoms with Crippen LogP contribution in [0.2, 0.25) is 0 Å². The highest BCUT2D eigenvalue weighted by molar-refractivity contribution is 7.13. The molecule has 2 aromatic rings. The third kappa shape index (κ3) is 4.00. The van der Waals surface area contributed by atoms with Gasteiger partial charge < -0.3 is 20.1 Å². The fourth-order valence-electron chi connectivity index (χ4n) is 2.89. The molecule has 1 atom stereocenters. The number of piperidine rings is 1. The van der Waals surface area contributed by atoms with E-state index in [4.69, 9.17) is 15.2 Å². The number of likely N-dealkylation sites (tertiary alicyclic amines) is 1. The van der Waals surface area contributed by atoms with Gasteiger partial charge in [-0.2, -0.15) is 0 Å². The van der Waals surface area contributed by atoms with Gasteiger partial charge in [-0.1, -0.05) is 0 Å². The second kappa shape index (κ2) is 8.23. The molecule has 2 aliphatic rings. The van der Waals surface area contributed by atoms with Gasteiger partial charge in [0.15, 0.2) is 11.5 Å². The zero-order valence-electron chi connectivity index (χ0n) is 13.3. The monoisotopic (exact) mass is 403 g/mol. The van der Waals surface area contributed by atoms with E-state index in [1.165, 1.54) is 11.3 Å². The first-order valence-corrected chi connectivity index (χ1v) is 8.49. The molecule has 0 saturated carbocycles. The van der Waals surface area contributed by atoms with Gasteiger partial charge in [0.2, 0.25) is 6.79 Å². The van der Waals surface area contributed by atoms with E-state index < -0.39 is 0 Å². The minimum Gasteiger partial charge on any atom is -0.454 e. The molecule has 2 N–H and O–H groups in total. The fourth-order valence-corrected chi connectivity index (χ4v) is 3.68. The normalized spacial score (nSPS) is 18.3. The van der Waals surface area contributed by atoms with Crippen molar-refractivity contribution in [3.8, 4) is 22.1 Å². The van der Waals surface area contributed by atoms with E-state index in [0.29, 0.717) is 18.0 Å². The lowest BCUT2D eigenvalue weighted by Gasteiger charge is -2.30. The zero-order valence-corrected chi connectivity index (χ0v) is 15.8.